The van der Waals surface area contributed by atoms with Crippen molar-refractivity contribution in [3.05, 3.63) is 255 Å². The van der Waals surface area contributed by atoms with Gasteiger partial charge in [-0.05, 0) is 155 Å². The minimum absolute atomic E-state index is 1.10. The van der Waals surface area contributed by atoms with E-state index in [1.165, 1.54) is 98.3 Å². The Morgan fingerprint density at radius 1 is 0.227 bits per heavy atom. The monoisotopic (exact) mass is 838 g/mol. The Hall–Kier alpha value is -8.72. The molecule has 12 aromatic carbocycles. The first kappa shape index (κ1) is 37.8. The zero-order valence-corrected chi connectivity index (χ0v) is 36.1. The van der Waals surface area contributed by atoms with Gasteiger partial charge in [0.05, 0.1) is 11.0 Å². The number of hydrogen-bond acceptors (Lipinski definition) is 1. The second-order valence-corrected chi connectivity index (χ2v) is 17.3. The summed E-state index contributed by atoms with van der Waals surface area (Å²) in [6, 6.07) is 93.2. The number of anilines is 3. The van der Waals surface area contributed by atoms with E-state index < -0.39 is 0 Å². The zero-order chi connectivity index (χ0) is 43.6. The maximum atomic E-state index is 2.46. The van der Waals surface area contributed by atoms with Crippen molar-refractivity contribution >= 4 is 82.0 Å². The van der Waals surface area contributed by atoms with Crippen LogP contribution in [-0.4, -0.2) is 4.57 Å². The minimum atomic E-state index is 1.10. The van der Waals surface area contributed by atoms with Gasteiger partial charge in [0.15, 0.2) is 0 Å². The highest BCUT2D eigenvalue weighted by Gasteiger charge is 2.18. The standard InChI is InChI=1S/C64H42N2/c1-3-13-43(14-4-1)45-25-31-52(32-26-45)65(51-17-5-2-6-18-51)53-33-27-46(28-34-53)49-29-37-63-61(40-49)62-41-50(48-24-23-44-15-7-8-16-47(44)39-48)30-38-64(62)66(63)54-35-36-59-57-21-10-9-19-55(57)56-20-11-12-22-58(56)60(59)42-54/h1-42H. The molecule has 308 valence electrons. The molecule has 0 unspecified atom stereocenters. The number of rotatable bonds is 7. The molecule has 0 aliphatic carbocycles. The Balaban J connectivity index is 0.955. The normalized spacial score (nSPS) is 11.6. The summed E-state index contributed by atoms with van der Waals surface area (Å²) in [5, 5.41) is 12.6. The Morgan fingerprint density at radius 3 is 1.24 bits per heavy atom. The molecule has 0 aliphatic heterocycles. The predicted molar refractivity (Wildman–Crippen MR) is 282 cm³/mol. The average Bonchev–Trinajstić information content (AvgIpc) is 3.72. The van der Waals surface area contributed by atoms with Gasteiger partial charge in [-0.15, -0.1) is 0 Å². The third kappa shape index (κ3) is 6.34. The first-order chi connectivity index (χ1) is 32.7. The van der Waals surface area contributed by atoms with Gasteiger partial charge < -0.3 is 9.47 Å². The molecule has 0 radical (unpaired) electrons. The fourth-order valence-electron chi connectivity index (χ4n) is 10.3. The van der Waals surface area contributed by atoms with Crippen LogP contribution in [0.5, 0.6) is 0 Å². The molecule has 2 heteroatoms. The molecule has 0 saturated carbocycles. The fourth-order valence-corrected chi connectivity index (χ4v) is 10.3. The summed E-state index contributed by atoms with van der Waals surface area (Å²) in [6.07, 6.45) is 0. The quantitative estimate of drug-likeness (QED) is 0.145. The lowest BCUT2D eigenvalue weighted by Crippen LogP contribution is -2.09. The molecule has 0 saturated heterocycles. The number of para-hydroxylation sites is 1. The molecule has 0 aliphatic rings. The van der Waals surface area contributed by atoms with Gasteiger partial charge in [0, 0.05) is 33.5 Å². The number of aromatic nitrogens is 1. The van der Waals surface area contributed by atoms with E-state index in [1.807, 2.05) is 0 Å². The van der Waals surface area contributed by atoms with Crippen molar-refractivity contribution in [2.45, 2.75) is 0 Å². The smallest absolute Gasteiger partial charge is 0.0541 e. The Labute approximate surface area is 383 Å². The Bertz CT molecular complexity index is 3920. The molecule has 13 rings (SSSR count). The van der Waals surface area contributed by atoms with Crippen LogP contribution < -0.4 is 4.90 Å². The van der Waals surface area contributed by atoms with Gasteiger partial charge in [0.25, 0.3) is 0 Å². The van der Waals surface area contributed by atoms with Crippen LogP contribution in [0.2, 0.25) is 0 Å². The fraction of sp³-hybridized carbons (Fsp3) is 0. The van der Waals surface area contributed by atoms with Crippen molar-refractivity contribution in [2.75, 3.05) is 4.90 Å². The SMILES string of the molecule is c1ccc(-c2ccc(N(c3ccccc3)c3ccc(-c4ccc5c(c4)c4cc(-c6ccc7ccccc7c6)ccc4n5-c4ccc5c6ccccc6c6ccccc6c5c4)cc3)cc2)cc1. The van der Waals surface area contributed by atoms with E-state index in [0.717, 1.165) is 22.7 Å². The Morgan fingerprint density at radius 2 is 0.636 bits per heavy atom. The van der Waals surface area contributed by atoms with Crippen LogP contribution >= 0.6 is 0 Å². The van der Waals surface area contributed by atoms with E-state index >= 15 is 0 Å². The summed E-state index contributed by atoms with van der Waals surface area (Å²) in [4.78, 5) is 2.33. The molecule has 1 heterocycles. The lowest BCUT2D eigenvalue weighted by molar-refractivity contribution is 1.19. The highest BCUT2D eigenvalue weighted by molar-refractivity contribution is 6.25. The number of fused-ring (bicyclic) bond motifs is 10. The molecule has 0 fully saturated rings. The number of hydrogen-bond donors (Lipinski definition) is 0. The lowest BCUT2D eigenvalue weighted by Gasteiger charge is -2.26. The molecule has 0 spiro atoms. The average molecular weight is 839 g/mol. The van der Waals surface area contributed by atoms with E-state index in [1.54, 1.807) is 0 Å². The van der Waals surface area contributed by atoms with Gasteiger partial charge in [-0.3, -0.25) is 0 Å². The molecule has 2 nitrogen and oxygen atoms in total. The molecule has 13 aromatic rings. The van der Waals surface area contributed by atoms with Crippen molar-refractivity contribution in [1.82, 2.24) is 4.57 Å². The zero-order valence-electron chi connectivity index (χ0n) is 36.1. The van der Waals surface area contributed by atoms with E-state index in [-0.39, 0.29) is 0 Å². The molecule has 0 bridgehead atoms. The van der Waals surface area contributed by atoms with Crippen molar-refractivity contribution in [2.24, 2.45) is 0 Å². The third-order valence-corrected chi connectivity index (χ3v) is 13.5. The van der Waals surface area contributed by atoms with Crippen molar-refractivity contribution in [3.63, 3.8) is 0 Å². The van der Waals surface area contributed by atoms with E-state index in [2.05, 4.69) is 264 Å². The second-order valence-electron chi connectivity index (χ2n) is 17.3. The summed E-state index contributed by atoms with van der Waals surface area (Å²) in [5.74, 6) is 0. The molecule has 66 heavy (non-hydrogen) atoms. The van der Waals surface area contributed by atoms with Crippen LogP contribution in [0.25, 0.3) is 104 Å². The Kier molecular flexibility index (Phi) is 8.89. The van der Waals surface area contributed by atoms with Gasteiger partial charge in [-0.1, -0.05) is 176 Å². The molecular formula is C64H42N2. The largest absolute Gasteiger partial charge is 0.311 e. The molecule has 0 N–H and O–H groups in total. The van der Waals surface area contributed by atoms with Crippen LogP contribution in [0.4, 0.5) is 17.1 Å². The van der Waals surface area contributed by atoms with E-state index in [0.29, 0.717) is 0 Å². The summed E-state index contributed by atoms with van der Waals surface area (Å²) >= 11 is 0. The van der Waals surface area contributed by atoms with Crippen molar-refractivity contribution in [3.8, 4) is 39.1 Å². The van der Waals surface area contributed by atoms with Gasteiger partial charge >= 0.3 is 0 Å². The number of nitrogens with zero attached hydrogens (tertiary/aromatic N) is 2. The second kappa shape index (κ2) is 15.5. The molecular weight excluding hydrogens is 797 g/mol. The lowest BCUT2D eigenvalue weighted by atomic mass is 9.94. The first-order valence-electron chi connectivity index (χ1n) is 22.7. The van der Waals surface area contributed by atoms with Gasteiger partial charge in [-0.25, -0.2) is 0 Å². The van der Waals surface area contributed by atoms with Crippen LogP contribution in [0, 0.1) is 0 Å². The molecule has 0 amide bonds. The van der Waals surface area contributed by atoms with Crippen LogP contribution in [-0.2, 0) is 0 Å². The van der Waals surface area contributed by atoms with Crippen molar-refractivity contribution in [1.29, 1.82) is 0 Å². The molecule has 0 atom stereocenters. The van der Waals surface area contributed by atoms with Gasteiger partial charge in [0.1, 0.15) is 0 Å². The summed E-state index contributed by atoms with van der Waals surface area (Å²) in [6.45, 7) is 0. The summed E-state index contributed by atoms with van der Waals surface area (Å²) in [5.41, 5.74) is 14.0. The summed E-state index contributed by atoms with van der Waals surface area (Å²) in [7, 11) is 0. The third-order valence-electron chi connectivity index (χ3n) is 13.5. The van der Waals surface area contributed by atoms with Gasteiger partial charge in [0.2, 0.25) is 0 Å². The molecule has 1 aromatic heterocycles. The highest BCUT2D eigenvalue weighted by atomic mass is 15.1. The van der Waals surface area contributed by atoms with Crippen LogP contribution in [0.1, 0.15) is 0 Å². The maximum absolute atomic E-state index is 2.46. The predicted octanol–water partition coefficient (Wildman–Crippen LogP) is 17.9. The van der Waals surface area contributed by atoms with E-state index in [9.17, 15) is 0 Å². The topological polar surface area (TPSA) is 8.17 Å². The van der Waals surface area contributed by atoms with Crippen LogP contribution in [0.15, 0.2) is 255 Å². The number of benzene rings is 12. The van der Waals surface area contributed by atoms with E-state index in [4.69, 9.17) is 0 Å². The van der Waals surface area contributed by atoms with Crippen molar-refractivity contribution < 1.29 is 0 Å². The first-order valence-corrected chi connectivity index (χ1v) is 22.7. The maximum Gasteiger partial charge on any atom is 0.0541 e. The highest BCUT2D eigenvalue weighted by Crippen LogP contribution is 2.42. The minimum Gasteiger partial charge on any atom is -0.311 e. The van der Waals surface area contributed by atoms with Crippen LogP contribution in [0.3, 0.4) is 0 Å². The van der Waals surface area contributed by atoms with Gasteiger partial charge in [-0.2, -0.15) is 0 Å². The summed E-state index contributed by atoms with van der Waals surface area (Å²) < 4.78 is 2.46.